The number of aryl methyl sites for hydroxylation is 1. The summed E-state index contributed by atoms with van der Waals surface area (Å²) in [4.78, 5) is 38.7. The highest BCUT2D eigenvalue weighted by Gasteiger charge is 2.42. The summed E-state index contributed by atoms with van der Waals surface area (Å²) in [6.45, 7) is 0.622. The molecule has 6 heteroatoms. The van der Waals surface area contributed by atoms with E-state index < -0.39 is 6.04 Å². The van der Waals surface area contributed by atoms with Crippen LogP contribution in [0.25, 0.3) is 0 Å². The number of fused-ring (bicyclic) bond motifs is 1. The molecule has 0 saturated carbocycles. The number of likely N-dealkylation sites (tertiary alicyclic amines) is 1. The Morgan fingerprint density at radius 2 is 2.00 bits per heavy atom. The van der Waals surface area contributed by atoms with Gasteiger partial charge in [-0.2, -0.15) is 0 Å². The van der Waals surface area contributed by atoms with Crippen LogP contribution in [0.1, 0.15) is 56.1 Å². The van der Waals surface area contributed by atoms with Gasteiger partial charge in [0, 0.05) is 18.8 Å². The minimum Gasteiger partial charge on any atom is -0.332 e. The Labute approximate surface area is 183 Å². The summed E-state index contributed by atoms with van der Waals surface area (Å²) < 4.78 is 0. The van der Waals surface area contributed by atoms with E-state index in [2.05, 4.69) is 29.6 Å². The van der Waals surface area contributed by atoms with Gasteiger partial charge >= 0.3 is 0 Å². The van der Waals surface area contributed by atoms with Crippen LogP contribution in [0.4, 0.5) is 0 Å². The van der Waals surface area contributed by atoms with Gasteiger partial charge in [0.2, 0.25) is 5.91 Å². The number of hydrogen-bond donors (Lipinski definition) is 1. The van der Waals surface area contributed by atoms with Crippen molar-refractivity contribution in [1.29, 1.82) is 0 Å². The van der Waals surface area contributed by atoms with Crippen molar-refractivity contribution in [3.8, 4) is 0 Å². The quantitative estimate of drug-likeness (QED) is 0.509. The van der Waals surface area contributed by atoms with E-state index >= 15 is 0 Å². The molecular formula is C24H32N2O3S. The van der Waals surface area contributed by atoms with Crippen molar-refractivity contribution in [2.75, 3.05) is 12.4 Å². The Hall–Kier alpha value is -1.66. The first kappa shape index (κ1) is 21.6. The van der Waals surface area contributed by atoms with Crippen LogP contribution in [0, 0.1) is 5.92 Å². The first-order valence-electron chi connectivity index (χ1n) is 11.4. The molecule has 2 fully saturated rings. The fourth-order valence-corrected chi connectivity index (χ4v) is 6.37. The smallest absolute Gasteiger partial charge is 0.241 e. The lowest BCUT2D eigenvalue weighted by Gasteiger charge is -2.26. The number of rotatable bonds is 8. The third-order valence-electron chi connectivity index (χ3n) is 6.93. The fraction of sp³-hybridized carbons (Fsp3) is 0.625. The first-order chi connectivity index (χ1) is 14.7. The average molecular weight is 429 g/mol. The molecule has 2 aliphatic heterocycles. The van der Waals surface area contributed by atoms with Gasteiger partial charge < -0.3 is 9.69 Å². The normalized spacial score (nSPS) is 28.3. The van der Waals surface area contributed by atoms with E-state index in [-0.39, 0.29) is 23.0 Å². The zero-order valence-corrected chi connectivity index (χ0v) is 18.4. The van der Waals surface area contributed by atoms with E-state index in [1.165, 1.54) is 42.2 Å². The van der Waals surface area contributed by atoms with Crippen molar-refractivity contribution in [3.05, 3.63) is 35.4 Å². The minimum absolute atomic E-state index is 0.0752. The van der Waals surface area contributed by atoms with Crippen molar-refractivity contribution in [3.63, 3.8) is 0 Å². The van der Waals surface area contributed by atoms with Gasteiger partial charge in [0.25, 0.3) is 0 Å². The van der Waals surface area contributed by atoms with Crippen LogP contribution < -0.4 is 5.32 Å². The van der Waals surface area contributed by atoms with Crippen LogP contribution in [0.3, 0.4) is 0 Å². The van der Waals surface area contributed by atoms with Crippen molar-refractivity contribution >= 4 is 29.7 Å². The SMILES string of the molecule is O=C[C@@H]1CCCN1C(=O)[C@H]1NCSC1C(=O)CCCC[C@H]1CCc2ccccc2C1. The fourth-order valence-electron chi connectivity index (χ4n) is 5.21. The van der Waals surface area contributed by atoms with Crippen LogP contribution in [0.2, 0.25) is 0 Å². The van der Waals surface area contributed by atoms with Gasteiger partial charge in [-0.15, -0.1) is 11.8 Å². The molecule has 5 nitrogen and oxygen atoms in total. The predicted molar refractivity (Wildman–Crippen MR) is 119 cm³/mol. The molecule has 4 atom stereocenters. The Morgan fingerprint density at radius 1 is 1.17 bits per heavy atom. The molecule has 0 spiro atoms. The number of unbranched alkanes of at least 4 members (excludes halogenated alkanes) is 1. The Kier molecular flexibility index (Phi) is 7.26. The van der Waals surface area contributed by atoms with Gasteiger partial charge in [-0.05, 0) is 55.6 Å². The lowest BCUT2D eigenvalue weighted by Crippen LogP contribution is -2.51. The average Bonchev–Trinajstić information content (AvgIpc) is 3.45. The molecule has 2 saturated heterocycles. The van der Waals surface area contributed by atoms with E-state index in [1.54, 1.807) is 4.90 Å². The summed E-state index contributed by atoms with van der Waals surface area (Å²) in [5.74, 6) is 1.45. The highest BCUT2D eigenvalue weighted by molar-refractivity contribution is 8.00. The van der Waals surface area contributed by atoms with Crippen LogP contribution in [0.15, 0.2) is 24.3 Å². The maximum absolute atomic E-state index is 12.9. The van der Waals surface area contributed by atoms with E-state index in [1.807, 2.05) is 0 Å². The van der Waals surface area contributed by atoms with Crippen LogP contribution in [-0.2, 0) is 27.2 Å². The molecule has 1 aromatic carbocycles. The molecule has 1 aromatic rings. The highest BCUT2D eigenvalue weighted by atomic mass is 32.2. The molecule has 4 rings (SSSR count). The Morgan fingerprint density at radius 3 is 2.83 bits per heavy atom. The summed E-state index contributed by atoms with van der Waals surface area (Å²) in [7, 11) is 0. The lowest BCUT2D eigenvalue weighted by molar-refractivity contribution is -0.137. The molecule has 1 aliphatic carbocycles. The zero-order valence-electron chi connectivity index (χ0n) is 17.6. The number of ketones is 1. The highest BCUT2D eigenvalue weighted by Crippen LogP contribution is 2.30. The van der Waals surface area contributed by atoms with Gasteiger partial charge in [-0.25, -0.2) is 0 Å². The number of nitrogens with one attached hydrogen (secondary N) is 1. The Bertz CT molecular complexity index is 783. The molecule has 162 valence electrons. The topological polar surface area (TPSA) is 66.5 Å². The molecule has 2 heterocycles. The second-order valence-electron chi connectivity index (χ2n) is 8.88. The second kappa shape index (κ2) is 10.1. The van der Waals surface area contributed by atoms with E-state index in [9.17, 15) is 14.4 Å². The molecular weight excluding hydrogens is 396 g/mol. The molecule has 0 radical (unpaired) electrons. The van der Waals surface area contributed by atoms with E-state index in [0.29, 0.717) is 18.8 Å². The standard InChI is InChI=1S/C24H32N2O3S/c27-15-20-9-5-13-26(20)24(29)22-23(30-16-25-22)21(28)10-4-1-6-17-11-12-18-7-2-3-8-19(18)14-17/h2-3,7-8,15,17,20,22-23,25H,1,4-6,9-14,16H2/t17-,20-,22-,23?/m0/s1. The van der Waals surface area contributed by atoms with Gasteiger partial charge in [0.15, 0.2) is 0 Å². The number of amides is 1. The van der Waals surface area contributed by atoms with Crippen molar-refractivity contribution in [1.82, 2.24) is 10.2 Å². The molecule has 1 unspecified atom stereocenters. The third-order valence-corrected chi connectivity index (χ3v) is 8.15. The maximum atomic E-state index is 12.9. The number of nitrogens with zero attached hydrogens (tertiary/aromatic N) is 1. The summed E-state index contributed by atoms with van der Waals surface area (Å²) in [6.07, 6.45) is 9.74. The molecule has 0 aromatic heterocycles. The van der Waals surface area contributed by atoms with Crippen molar-refractivity contribution < 1.29 is 14.4 Å². The summed E-state index contributed by atoms with van der Waals surface area (Å²) in [5.41, 5.74) is 3.00. The molecule has 3 aliphatic rings. The van der Waals surface area contributed by atoms with Crippen LogP contribution >= 0.6 is 11.8 Å². The minimum atomic E-state index is -0.474. The summed E-state index contributed by atoms with van der Waals surface area (Å²) in [6, 6.07) is 7.96. The number of aldehydes is 1. The number of benzene rings is 1. The second-order valence-corrected chi connectivity index (χ2v) is 10.0. The van der Waals surface area contributed by atoms with Crippen LogP contribution in [-0.4, -0.2) is 52.6 Å². The van der Waals surface area contributed by atoms with Crippen molar-refractivity contribution in [2.45, 2.75) is 75.1 Å². The molecule has 1 N–H and O–H groups in total. The number of carbonyl (C=O) groups excluding carboxylic acids is 3. The largest absolute Gasteiger partial charge is 0.332 e. The predicted octanol–water partition coefficient (Wildman–Crippen LogP) is 3.14. The summed E-state index contributed by atoms with van der Waals surface area (Å²) >= 11 is 1.54. The number of carbonyl (C=O) groups is 3. The lowest BCUT2D eigenvalue weighted by atomic mass is 9.81. The number of Topliss-reactive ketones (excluding diaryl/α,β-unsaturated/α-hetero) is 1. The third kappa shape index (κ3) is 4.80. The number of hydrogen-bond acceptors (Lipinski definition) is 5. The Balaban J connectivity index is 1.22. The van der Waals surface area contributed by atoms with Crippen molar-refractivity contribution in [2.24, 2.45) is 5.92 Å². The molecule has 30 heavy (non-hydrogen) atoms. The number of thioether (sulfide) groups is 1. The monoisotopic (exact) mass is 428 g/mol. The zero-order chi connectivity index (χ0) is 20.9. The molecule has 0 bridgehead atoms. The molecule has 1 amide bonds. The van der Waals surface area contributed by atoms with E-state index in [0.717, 1.165) is 44.3 Å². The maximum Gasteiger partial charge on any atom is 0.241 e. The first-order valence-corrected chi connectivity index (χ1v) is 12.4. The van der Waals surface area contributed by atoms with Gasteiger partial charge in [-0.3, -0.25) is 14.9 Å². The van der Waals surface area contributed by atoms with Gasteiger partial charge in [0.1, 0.15) is 18.1 Å². The van der Waals surface area contributed by atoms with Crippen LogP contribution in [0.5, 0.6) is 0 Å². The van der Waals surface area contributed by atoms with Gasteiger partial charge in [-0.1, -0.05) is 37.1 Å². The van der Waals surface area contributed by atoms with Gasteiger partial charge in [0.05, 0.1) is 11.3 Å². The summed E-state index contributed by atoms with van der Waals surface area (Å²) in [5, 5.41) is 2.88. The van der Waals surface area contributed by atoms with E-state index in [4.69, 9.17) is 0 Å².